The maximum Gasteiger partial charge on any atom is 0.210 e. The summed E-state index contributed by atoms with van der Waals surface area (Å²) < 4.78 is 11.3. The Balaban J connectivity index is 1.63. The number of hydrogen-bond donors (Lipinski definition) is 2. The molecule has 1 aromatic heterocycles. The summed E-state index contributed by atoms with van der Waals surface area (Å²) in [5.74, 6) is 2.38. The average Bonchev–Trinajstić information content (AvgIpc) is 3.48. The number of hydrogen-bond acceptors (Lipinski definition) is 7. The van der Waals surface area contributed by atoms with Crippen LogP contribution >= 0.6 is 0 Å². The van der Waals surface area contributed by atoms with E-state index >= 15 is 0 Å². The van der Waals surface area contributed by atoms with Gasteiger partial charge in [-0.15, -0.1) is 0 Å². The largest absolute Gasteiger partial charge is 0.497 e. The molecular formula is C23H25N5O2. The maximum absolute atomic E-state index is 6.79. The fourth-order valence-corrected chi connectivity index (χ4v) is 4.21. The number of furan rings is 1. The van der Waals surface area contributed by atoms with E-state index in [4.69, 9.17) is 19.9 Å². The second kappa shape index (κ2) is 7.76. The van der Waals surface area contributed by atoms with Gasteiger partial charge in [0, 0.05) is 18.7 Å². The summed E-state index contributed by atoms with van der Waals surface area (Å²) in [6, 6.07) is 20.4. The van der Waals surface area contributed by atoms with E-state index in [2.05, 4.69) is 39.4 Å². The summed E-state index contributed by atoms with van der Waals surface area (Å²) in [5.41, 5.74) is 9.96. The Morgan fingerprint density at radius 3 is 2.63 bits per heavy atom. The van der Waals surface area contributed by atoms with Crippen LogP contribution in [0.4, 0.5) is 11.6 Å². The van der Waals surface area contributed by atoms with Crippen molar-refractivity contribution in [2.45, 2.75) is 18.8 Å². The van der Waals surface area contributed by atoms with E-state index in [0.29, 0.717) is 0 Å². The molecule has 2 aromatic carbocycles. The van der Waals surface area contributed by atoms with E-state index in [0.717, 1.165) is 48.4 Å². The lowest BCUT2D eigenvalue weighted by atomic mass is 10.0. The highest BCUT2D eigenvalue weighted by Crippen LogP contribution is 2.41. The van der Waals surface area contributed by atoms with Crippen LogP contribution in [0.25, 0.3) is 0 Å². The molecule has 0 aliphatic carbocycles. The van der Waals surface area contributed by atoms with Crippen molar-refractivity contribution < 1.29 is 9.15 Å². The van der Waals surface area contributed by atoms with Crippen LogP contribution in [0.3, 0.4) is 0 Å². The van der Waals surface area contributed by atoms with E-state index in [-0.39, 0.29) is 12.3 Å². The first-order chi connectivity index (χ1) is 14.8. The van der Waals surface area contributed by atoms with Gasteiger partial charge in [-0.25, -0.2) is 0 Å². The molecule has 7 nitrogen and oxygen atoms in total. The highest BCUT2D eigenvalue weighted by Gasteiger charge is 2.42. The highest BCUT2D eigenvalue weighted by molar-refractivity contribution is 5.98. The predicted octanol–water partition coefficient (Wildman–Crippen LogP) is 3.10. The van der Waals surface area contributed by atoms with Crippen LogP contribution in [0.1, 0.15) is 17.3 Å². The molecule has 0 saturated heterocycles. The molecule has 2 atom stereocenters. The highest BCUT2D eigenvalue weighted by atomic mass is 16.5. The molecular weight excluding hydrogens is 378 g/mol. The summed E-state index contributed by atoms with van der Waals surface area (Å²) in [4.78, 5) is 9.06. The molecule has 154 valence electrons. The van der Waals surface area contributed by atoms with Crippen LogP contribution in [0.5, 0.6) is 5.75 Å². The Morgan fingerprint density at radius 1 is 1.13 bits per heavy atom. The van der Waals surface area contributed by atoms with Gasteiger partial charge >= 0.3 is 0 Å². The maximum atomic E-state index is 6.79. The Bertz CT molecular complexity index is 1030. The molecule has 2 aliphatic heterocycles. The SMILES string of the molecule is COc1ccc(N2C(N)c3ccoc3N(C3=NCCN3)C2Cc2ccccc2)cc1. The first-order valence-electron chi connectivity index (χ1n) is 10.1. The predicted molar refractivity (Wildman–Crippen MR) is 118 cm³/mol. The number of guanidine groups is 1. The Hall–Kier alpha value is -3.45. The number of aliphatic imine (C=N–C) groups is 1. The minimum absolute atomic E-state index is 0.112. The molecule has 7 heteroatoms. The van der Waals surface area contributed by atoms with Crippen molar-refractivity contribution in [1.82, 2.24) is 5.32 Å². The number of nitrogens with two attached hydrogens (primary N) is 1. The first-order valence-corrected chi connectivity index (χ1v) is 10.1. The van der Waals surface area contributed by atoms with Crippen molar-refractivity contribution in [3.8, 4) is 5.75 Å². The van der Waals surface area contributed by atoms with E-state index in [1.165, 1.54) is 5.56 Å². The van der Waals surface area contributed by atoms with Crippen LogP contribution in [0, 0.1) is 0 Å². The molecule has 0 bridgehead atoms. The number of fused-ring (bicyclic) bond motifs is 1. The number of rotatable bonds is 4. The monoisotopic (exact) mass is 403 g/mol. The zero-order valence-electron chi connectivity index (χ0n) is 16.9. The fourth-order valence-electron chi connectivity index (χ4n) is 4.21. The summed E-state index contributed by atoms with van der Waals surface area (Å²) >= 11 is 0. The van der Waals surface area contributed by atoms with E-state index in [1.54, 1.807) is 13.4 Å². The third-order valence-electron chi connectivity index (χ3n) is 5.65. The first kappa shape index (κ1) is 18.6. The van der Waals surface area contributed by atoms with Gasteiger partial charge in [0.15, 0.2) is 0 Å². The molecule has 2 aliphatic rings. The molecule has 5 rings (SSSR count). The summed E-state index contributed by atoms with van der Waals surface area (Å²) in [6.07, 6.45) is 1.99. The summed E-state index contributed by atoms with van der Waals surface area (Å²) in [6.45, 7) is 1.56. The quantitative estimate of drug-likeness (QED) is 0.697. The number of anilines is 2. The Morgan fingerprint density at radius 2 is 1.93 bits per heavy atom. The molecule has 0 radical (unpaired) electrons. The van der Waals surface area contributed by atoms with Crippen LogP contribution in [0.2, 0.25) is 0 Å². The number of nitrogens with one attached hydrogen (secondary N) is 1. The molecule has 2 unspecified atom stereocenters. The molecule has 0 saturated carbocycles. The molecule has 3 N–H and O–H groups in total. The van der Waals surface area contributed by atoms with E-state index < -0.39 is 0 Å². The zero-order valence-corrected chi connectivity index (χ0v) is 16.9. The third kappa shape index (κ3) is 3.17. The standard InChI is InChI=1S/C23H25N5O2/c1-29-18-9-7-17(8-10-18)27-20(15-16-5-3-2-4-6-16)28(23-25-12-13-26-23)22-19(21(27)24)11-14-30-22/h2-11,14,20-21H,12-13,15,24H2,1H3,(H,25,26). The van der Waals surface area contributed by atoms with Crippen molar-refractivity contribution in [2.75, 3.05) is 30.0 Å². The lowest BCUT2D eigenvalue weighted by molar-refractivity contribution is 0.414. The molecule has 30 heavy (non-hydrogen) atoms. The van der Waals surface area contributed by atoms with Gasteiger partial charge in [0.25, 0.3) is 0 Å². The number of methoxy groups -OCH3 is 1. The van der Waals surface area contributed by atoms with Gasteiger partial charge in [0.05, 0.1) is 25.5 Å². The van der Waals surface area contributed by atoms with Gasteiger partial charge in [0.2, 0.25) is 11.8 Å². The van der Waals surface area contributed by atoms with Crippen LogP contribution in [-0.2, 0) is 6.42 Å². The van der Waals surface area contributed by atoms with Gasteiger partial charge in [0.1, 0.15) is 18.1 Å². The molecule has 3 aromatic rings. The Labute approximate surface area is 175 Å². The van der Waals surface area contributed by atoms with Gasteiger partial charge in [-0.2, -0.15) is 0 Å². The number of nitrogens with zero attached hydrogens (tertiary/aromatic N) is 3. The van der Waals surface area contributed by atoms with Crippen molar-refractivity contribution in [1.29, 1.82) is 0 Å². The third-order valence-corrected chi connectivity index (χ3v) is 5.65. The average molecular weight is 403 g/mol. The van der Waals surface area contributed by atoms with Crippen LogP contribution in [0.15, 0.2) is 76.3 Å². The van der Waals surface area contributed by atoms with Crippen molar-refractivity contribution in [3.05, 3.63) is 78.1 Å². The van der Waals surface area contributed by atoms with Crippen LogP contribution in [-0.4, -0.2) is 32.3 Å². The normalized spacial score (nSPS) is 20.5. The van der Waals surface area contributed by atoms with Gasteiger partial charge in [-0.05, 0) is 35.9 Å². The minimum Gasteiger partial charge on any atom is -0.497 e. The van der Waals surface area contributed by atoms with Crippen LogP contribution < -0.4 is 25.6 Å². The van der Waals surface area contributed by atoms with Gasteiger partial charge in [-0.3, -0.25) is 9.89 Å². The second-order valence-electron chi connectivity index (χ2n) is 7.40. The number of ether oxygens (including phenoxy) is 1. The van der Waals surface area contributed by atoms with E-state index in [9.17, 15) is 0 Å². The van der Waals surface area contributed by atoms with Crippen molar-refractivity contribution in [3.63, 3.8) is 0 Å². The summed E-state index contributed by atoms with van der Waals surface area (Å²) in [7, 11) is 1.67. The topological polar surface area (TPSA) is 79.3 Å². The molecule has 3 heterocycles. The number of benzene rings is 2. The smallest absolute Gasteiger partial charge is 0.210 e. The zero-order chi connectivity index (χ0) is 20.5. The van der Waals surface area contributed by atoms with Crippen molar-refractivity contribution >= 4 is 17.5 Å². The molecule has 0 fully saturated rings. The fraction of sp³-hybridized carbons (Fsp3) is 0.261. The van der Waals surface area contributed by atoms with Gasteiger partial charge in [-0.1, -0.05) is 30.3 Å². The summed E-state index contributed by atoms with van der Waals surface area (Å²) in [5, 5.41) is 3.41. The lowest BCUT2D eigenvalue weighted by Gasteiger charge is -2.47. The van der Waals surface area contributed by atoms with Crippen molar-refractivity contribution in [2.24, 2.45) is 10.7 Å². The Kier molecular flexibility index (Phi) is 4.80. The molecule has 0 amide bonds. The van der Waals surface area contributed by atoms with E-state index in [1.807, 2.05) is 36.4 Å². The second-order valence-corrected chi connectivity index (χ2v) is 7.40. The minimum atomic E-state index is -0.348. The van der Waals surface area contributed by atoms with Gasteiger partial charge < -0.3 is 25.1 Å². The molecule has 0 spiro atoms. The lowest BCUT2D eigenvalue weighted by Crippen LogP contribution is -2.60.